The maximum atomic E-state index is 13.3. The Morgan fingerprint density at radius 1 is 0.935 bits per heavy atom. The summed E-state index contributed by atoms with van der Waals surface area (Å²) in [5.41, 5.74) is 1.08. The topological polar surface area (TPSA) is 57.6 Å². The highest BCUT2D eigenvalue weighted by Gasteiger charge is 2.47. The molecule has 0 spiro atoms. The highest BCUT2D eigenvalue weighted by Crippen LogP contribution is 2.45. The number of halogens is 1. The van der Waals surface area contributed by atoms with E-state index in [0.29, 0.717) is 16.3 Å². The number of aliphatic hydroxyl groups is 1. The van der Waals surface area contributed by atoms with Crippen molar-refractivity contribution >= 4 is 56.8 Å². The van der Waals surface area contributed by atoms with Crippen molar-refractivity contribution in [1.82, 2.24) is 0 Å². The Balaban J connectivity index is 1.77. The molecule has 3 aromatic carbocycles. The van der Waals surface area contributed by atoms with Crippen LogP contribution in [0.5, 0.6) is 0 Å². The lowest BCUT2D eigenvalue weighted by atomic mass is 9.99. The van der Waals surface area contributed by atoms with Crippen LogP contribution >= 0.6 is 22.9 Å². The van der Waals surface area contributed by atoms with Gasteiger partial charge in [-0.2, -0.15) is 0 Å². The summed E-state index contributed by atoms with van der Waals surface area (Å²) in [6, 6.07) is 23.0. The molecule has 1 unspecified atom stereocenters. The maximum Gasteiger partial charge on any atom is 0.300 e. The molecule has 31 heavy (non-hydrogen) atoms. The van der Waals surface area contributed by atoms with Crippen LogP contribution in [0.3, 0.4) is 0 Å². The van der Waals surface area contributed by atoms with Gasteiger partial charge in [0.25, 0.3) is 11.7 Å². The van der Waals surface area contributed by atoms with Gasteiger partial charge < -0.3 is 5.11 Å². The highest BCUT2D eigenvalue weighted by atomic mass is 35.5. The van der Waals surface area contributed by atoms with Crippen molar-refractivity contribution in [2.24, 2.45) is 0 Å². The summed E-state index contributed by atoms with van der Waals surface area (Å²) in [6.45, 7) is 0. The van der Waals surface area contributed by atoms with Crippen LogP contribution in [0, 0.1) is 0 Å². The summed E-state index contributed by atoms with van der Waals surface area (Å²) in [4.78, 5) is 28.8. The monoisotopic (exact) mass is 445 g/mol. The molecule has 0 saturated carbocycles. The molecule has 1 amide bonds. The van der Waals surface area contributed by atoms with Gasteiger partial charge in [-0.05, 0) is 35.0 Å². The second-order valence-corrected chi connectivity index (χ2v) is 8.61. The van der Waals surface area contributed by atoms with Gasteiger partial charge in [-0.15, -0.1) is 11.3 Å². The minimum atomic E-state index is -0.732. The number of Topliss-reactive ketones (excluding diaryl/α,β-unsaturated/α-hetero) is 1. The molecule has 0 bridgehead atoms. The predicted molar refractivity (Wildman–Crippen MR) is 125 cm³/mol. The second-order valence-electron chi connectivity index (χ2n) is 7.19. The first-order valence-electron chi connectivity index (χ1n) is 9.64. The third-order valence-electron chi connectivity index (χ3n) is 5.38. The molecule has 1 fully saturated rings. The zero-order valence-electron chi connectivity index (χ0n) is 16.2. The molecule has 2 heterocycles. The zero-order valence-corrected chi connectivity index (χ0v) is 17.7. The summed E-state index contributed by atoms with van der Waals surface area (Å²) in [5, 5.41) is 15.2. The van der Waals surface area contributed by atoms with E-state index in [1.54, 1.807) is 24.3 Å². The molecule has 152 valence electrons. The van der Waals surface area contributed by atoms with E-state index in [0.717, 1.165) is 15.6 Å². The standard InChI is InChI=1S/C25H16ClNO3S/c26-17-9-3-8-16(14-17)23(28)21-22(20-12-5-13-31-20)27(25(30)24(21)29)19-11-4-7-15-6-1-2-10-18(15)19/h1-14,22,28H/b23-21-. The number of rotatable bonds is 3. The van der Waals surface area contributed by atoms with E-state index < -0.39 is 17.7 Å². The summed E-state index contributed by atoms with van der Waals surface area (Å²) in [7, 11) is 0. The zero-order chi connectivity index (χ0) is 21.5. The Kier molecular flexibility index (Phi) is 4.85. The van der Waals surface area contributed by atoms with E-state index in [-0.39, 0.29) is 11.3 Å². The van der Waals surface area contributed by atoms with Gasteiger partial charge >= 0.3 is 0 Å². The van der Waals surface area contributed by atoms with Crippen LogP contribution in [0.2, 0.25) is 5.02 Å². The highest BCUT2D eigenvalue weighted by molar-refractivity contribution is 7.10. The van der Waals surface area contributed by atoms with Gasteiger partial charge in [0.2, 0.25) is 0 Å². The lowest BCUT2D eigenvalue weighted by Crippen LogP contribution is -2.29. The van der Waals surface area contributed by atoms with Gasteiger partial charge in [0, 0.05) is 20.8 Å². The SMILES string of the molecule is O=C1C(=O)N(c2cccc3ccccc23)C(c2cccs2)/C1=C(/O)c1cccc(Cl)c1. The normalized spacial score (nSPS) is 18.1. The Morgan fingerprint density at radius 3 is 2.48 bits per heavy atom. The first kappa shape index (κ1) is 19.5. The number of ketones is 1. The van der Waals surface area contributed by atoms with E-state index in [9.17, 15) is 14.7 Å². The van der Waals surface area contributed by atoms with Crippen LogP contribution in [-0.4, -0.2) is 16.8 Å². The molecular formula is C25H16ClNO3S. The van der Waals surface area contributed by atoms with E-state index in [1.165, 1.54) is 16.2 Å². The van der Waals surface area contributed by atoms with Crippen LogP contribution < -0.4 is 4.90 Å². The molecule has 1 aliphatic heterocycles. The number of hydrogen-bond acceptors (Lipinski definition) is 4. The minimum absolute atomic E-state index is 0.0580. The molecule has 6 heteroatoms. The molecule has 1 atom stereocenters. The van der Waals surface area contributed by atoms with Gasteiger partial charge in [0.15, 0.2) is 0 Å². The van der Waals surface area contributed by atoms with E-state index in [1.807, 2.05) is 60.0 Å². The minimum Gasteiger partial charge on any atom is -0.507 e. The van der Waals surface area contributed by atoms with E-state index >= 15 is 0 Å². The lowest BCUT2D eigenvalue weighted by molar-refractivity contribution is -0.132. The van der Waals surface area contributed by atoms with Crippen molar-refractivity contribution in [2.75, 3.05) is 4.90 Å². The van der Waals surface area contributed by atoms with Crippen molar-refractivity contribution in [3.63, 3.8) is 0 Å². The summed E-state index contributed by atoms with van der Waals surface area (Å²) in [5.74, 6) is -1.62. The second kappa shape index (κ2) is 7.69. The summed E-state index contributed by atoms with van der Waals surface area (Å²) >= 11 is 7.52. The third kappa shape index (κ3) is 3.23. The molecule has 0 aliphatic carbocycles. The maximum absolute atomic E-state index is 13.3. The number of thiophene rings is 1. The van der Waals surface area contributed by atoms with Crippen LogP contribution in [0.25, 0.3) is 16.5 Å². The number of anilines is 1. The summed E-state index contributed by atoms with van der Waals surface area (Å²) in [6.07, 6.45) is 0. The van der Waals surface area contributed by atoms with Crippen molar-refractivity contribution in [1.29, 1.82) is 0 Å². The van der Waals surface area contributed by atoms with Crippen molar-refractivity contribution < 1.29 is 14.7 Å². The quantitative estimate of drug-likeness (QED) is 0.232. The molecule has 1 saturated heterocycles. The van der Waals surface area contributed by atoms with E-state index in [2.05, 4.69) is 0 Å². The first-order valence-corrected chi connectivity index (χ1v) is 10.9. The van der Waals surface area contributed by atoms with Gasteiger partial charge in [0.1, 0.15) is 11.8 Å². The number of nitrogens with zero attached hydrogens (tertiary/aromatic N) is 1. The molecule has 4 aromatic rings. The Labute approximate surface area is 187 Å². The van der Waals surface area contributed by atoms with Gasteiger partial charge in [-0.3, -0.25) is 14.5 Å². The number of carbonyl (C=O) groups excluding carboxylic acids is 2. The molecule has 1 N–H and O–H groups in total. The number of aliphatic hydroxyl groups excluding tert-OH is 1. The van der Waals surface area contributed by atoms with Crippen LogP contribution in [0.15, 0.2) is 89.8 Å². The Hall–Kier alpha value is -3.41. The van der Waals surface area contributed by atoms with E-state index in [4.69, 9.17) is 11.6 Å². The fourth-order valence-electron chi connectivity index (χ4n) is 4.01. The van der Waals surface area contributed by atoms with Crippen molar-refractivity contribution in [3.8, 4) is 0 Å². The average Bonchev–Trinajstić information content (AvgIpc) is 3.40. The number of hydrogen-bond donors (Lipinski definition) is 1. The molecule has 5 rings (SSSR count). The van der Waals surface area contributed by atoms with Crippen LogP contribution in [0.4, 0.5) is 5.69 Å². The van der Waals surface area contributed by atoms with Crippen molar-refractivity contribution in [2.45, 2.75) is 6.04 Å². The largest absolute Gasteiger partial charge is 0.507 e. The first-order chi connectivity index (χ1) is 15.1. The molecular weight excluding hydrogens is 430 g/mol. The molecule has 0 radical (unpaired) electrons. The Morgan fingerprint density at radius 2 is 1.71 bits per heavy atom. The average molecular weight is 446 g/mol. The third-order valence-corrected chi connectivity index (χ3v) is 6.54. The number of fused-ring (bicyclic) bond motifs is 1. The fraction of sp³-hybridized carbons (Fsp3) is 0.0400. The predicted octanol–water partition coefficient (Wildman–Crippen LogP) is 6.18. The summed E-state index contributed by atoms with van der Waals surface area (Å²) < 4.78 is 0. The van der Waals surface area contributed by atoms with Gasteiger partial charge in [0.05, 0.1) is 11.3 Å². The number of amides is 1. The number of benzene rings is 3. The fourth-order valence-corrected chi connectivity index (χ4v) is 5.02. The van der Waals surface area contributed by atoms with Crippen LogP contribution in [0.1, 0.15) is 16.5 Å². The van der Waals surface area contributed by atoms with Crippen molar-refractivity contribution in [3.05, 3.63) is 105 Å². The van der Waals surface area contributed by atoms with Gasteiger partial charge in [-0.1, -0.05) is 66.2 Å². The molecule has 1 aliphatic rings. The van der Waals surface area contributed by atoms with Gasteiger partial charge in [-0.25, -0.2) is 0 Å². The molecule has 4 nitrogen and oxygen atoms in total. The molecule has 1 aromatic heterocycles. The van der Waals surface area contributed by atoms with Crippen LogP contribution in [-0.2, 0) is 9.59 Å². The smallest absolute Gasteiger partial charge is 0.300 e. The number of carbonyl (C=O) groups is 2. The Bertz CT molecular complexity index is 1350. The lowest BCUT2D eigenvalue weighted by Gasteiger charge is -2.25.